The van der Waals surface area contributed by atoms with E-state index in [1.165, 1.54) is 13.8 Å². The van der Waals surface area contributed by atoms with Crippen LogP contribution in [0.5, 0.6) is 5.75 Å². The van der Waals surface area contributed by atoms with Crippen molar-refractivity contribution in [3.63, 3.8) is 0 Å². The van der Waals surface area contributed by atoms with Gasteiger partial charge in [-0.25, -0.2) is 0 Å². The van der Waals surface area contributed by atoms with E-state index in [4.69, 9.17) is 4.74 Å². The molecule has 0 amide bonds. The molecule has 4 heteroatoms. The Morgan fingerprint density at radius 2 is 2.00 bits per heavy atom. The number of ketones is 1. The van der Waals surface area contributed by atoms with E-state index in [-0.39, 0.29) is 11.8 Å². The normalized spacial score (nSPS) is 9.94. The van der Waals surface area contributed by atoms with E-state index >= 15 is 0 Å². The molecule has 0 saturated heterocycles. The molecule has 0 unspecified atom stereocenters. The smallest absolute Gasteiger partial charge is 0.308 e. The summed E-state index contributed by atoms with van der Waals surface area (Å²) in [5.74, 6) is 0.931. The Hall–Kier alpha value is -1.29. The molecule has 16 heavy (non-hydrogen) atoms. The summed E-state index contributed by atoms with van der Waals surface area (Å²) in [6.45, 7) is 4.85. The van der Waals surface area contributed by atoms with Crippen LogP contribution < -0.4 is 4.74 Å². The number of Topliss-reactive ketones (excluding diaryl/α,β-unsaturated/α-hetero) is 1. The molecule has 0 aliphatic heterocycles. The van der Waals surface area contributed by atoms with Crippen molar-refractivity contribution in [3.8, 4) is 5.75 Å². The van der Waals surface area contributed by atoms with Crippen LogP contribution >= 0.6 is 11.8 Å². The number of esters is 1. The van der Waals surface area contributed by atoms with Gasteiger partial charge in [-0.05, 0) is 24.8 Å². The van der Waals surface area contributed by atoms with Crippen LogP contribution in [0, 0.1) is 0 Å². The quantitative estimate of drug-likeness (QED) is 0.350. The zero-order valence-corrected chi connectivity index (χ0v) is 10.4. The Morgan fingerprint density at radius 1 is 1.31 bits per heavy atom. The highest BCUT2D eigenvalue weighted by Crippen LogP contribution is 2.30. The van der Waals surface area contributed by atoms with Crippen molar-refractivity contribution in [1.82, 2.24) is 0 Å². The van der Waals surface area contributed by atoms with Gasteiger partial charge in [-0.1, -0.05) is 13.0 Å². The molecule has 1 rings (SSSR count). The van der Waals surface area contributed by atoms with E-state index in [9.17, 15) is 9.59 Å². The van der Waals surface area contributed by atoms with E-state index in [0.717, 1.165) is 10.6 Å². The van der Waals surface area contributed by atoms with Crippen molar-refractivity contribution in [2.45, 2.75) is 25.7 Å². The minimum Gasteiger partial charge on any atom is -0.426 e. The number of ether oxygens (including phenoxy) is 1. The van der Waals surface area contributed by atoms with Crippen LogP contribution in [0.1, 0.15) is 31.1 Å². The zero-order chi connectivity index (χ0) is 12.1. The molecule has 86 valence electrons. The highest BCUT2D eigenvalue weighted by molar-refractivity contribution is 7.99. The molecule has 0 bridgehead atoms. The van der Waals surface area contributed by atoms with E-state index in [2.05, 4.69) is 0 Å². The maximum atomic E-state index is 11.2. The summed E-state index contributed by atoms with van der Waals surface area (Å²) in [5, 5.41) is 0. The van der Waals surface area contributed by atoms with Crippen LogP contribution in [0.4, 0.5) is 0 Å². The van der Waals surface area contributed by atoms with Gasteiger partial charge in [0.25, 0.3) is 0 Å². The number of hydrogen-bond donors (Lipinski definition) is 0. The zero-order valence-electron chi connectivity index (χ0n) is 9.57. The van der Waals surface area contributed by atoms with Gasteiger partial charge in [0, 0.05) is 12.5 Å². The highest BCUT2D eigenvalue weighted by atomic mass is 32.2. The monoisotopic (exact) mass is 238 g/mol. The van der Waals surface area contributed by atoms with Crippen molar-refractivity contribution in [2.24, 2.45) is 0 Å². The fourth-order valence-electron chi connectivity index (χ4n) is 1.24. The average Bonchev–Trinajstić information content (AvgIpc) is 2.19. The molecule has 0 aliphatic carbocycles. The van der Waals surface area contributed by atoms with Gasteiger partial charge in [0.05, 0.1) is 4.90 Å². The second kappa shape index (κ2) is 5.70. The Labute approximate surface area is 99.2 Å². The summed E-state index contributed by atoms with van der Waals surface area (Å²) in [4.78, 5) is 23.0. The second-order valence-electron chi connectivity index (χ2n) is 3.24. The third kappa shape index (κ3) is 3.38. The molecule has 0 N–H and O–H groups in total. The summed E-state index contributed by atoms with van der Waals surface area (Å²) in [6, 6.07) is 5.16. The van der Waals surface area contributed by atoms with Crippen LogP contribution in [0.2, 0.25) is 0 Å². The van der Waals surface area contributed by atoms with Crippen LogP contribution in [-0.4, -0.2) is 17.5 Å². The molecule has 0 heterocycles. The molecule has 0 atom stereocenters. The first-order chi connectivity index (χ1) is 7.54. The van der Waals surface area contributed by atoms with Crippen molar-refractivity contribution in [2.75, 3.05) is 5.75 Å². The standard InChI is InChI=1S/C12H14O3S/c1-4-16-12-6-5-10(8(2)13)7-11(12)15-9(3)14/h5-7H,4H2,1-3H3. The summed E-state index contributed by atoms with van der Waals surface area (Å²) in [7, 11) is 0. The van der Waals surface area contributed by atoms with Crippen molar-refractivity contribution < 1.29 is 14.3 Å². The maximum Gasteiger partial charge on any atom is 0.308 e. The minimum absolute atomic E-state index is 0.0403. The number of benzene rings is 1. The van der Waals surface area contributed by atoms with Gasteiger partial charge in [-0.15, -0.1) is 11.8 Å². The van der Waals surface area contributed by atoms with Gasteiger partial charge >= 0.3 is 5.97 Å². The first-order valence-corrected chi connectivity index (χ1v) is 5.99. The second-order valence-corrected chi connectivity index (χ2v) is 4.55. The summed E-state index contributed by atoms with van der Waals surface area (Å²) in [5.41, 5.74) is 0.553. The van der Waals surface area contributed by atoms with Crippen LogP contribution in [0.25, 0.3) is 0 Å². The lowest BCUT2D eigenvalue weighted by molar-refractivity contribution is -0.132. The lowest BCUT2D eigenvalue weighted by Gasteiger charge is -2.08. The van der Waals surface area contributed by atoms with E-state index in [0.29, 0.717) is 11.3 Å². The van der Waals surface area contributed by atoms with Gasteiger partial charge in [0.15, 0.2) is 5.78 Å². The molecule has 1 aromatic carbocycles. The Kier molecular flexibility index (Phi) is 4.55. The predicted octanol–water partition coefficient (Wildman–Crippen LogP) is 2.93. The van der Waals surface area contributed by atoms with E-state index in [1.807, 2.05) is 13.0 Å². The predicted molar refractivity (Wildman–Crippen MR) is 64.2 cm³/mol. The largest absolute Gasteiger partial charge is 0.426 e. The molecule has 1 aromatic rings. The number of carbonyl (C=O) groups is 2. The Balaban J connectivity index is 3.09. The lowest BCUT2D eigenvalue weighted by atomic mass is 10.1. The highest BCUT2D eigenvalue weighted by Gasteiger charge is 2.09. The van der Waals surface area contributed by atoms with Gasteiger partial charge in [-0.3, -0.25) is 9.59 Å². The third-order valence-electron chi connectivity index (χ3n) is 1.90. The minimum atomic E-state index is -0.376. The van der Waals surface area contributed by atoms with Gasteiger partial charge < -0.3 is 4.74 Å². The molecule has 0 aliphatic rings. The van der Waals surface area contributed by atoms with Crippen molar-refractivity contribution in [3.05, 3.63) is 23.8 Å². The van der Waals surface area contributed by atoms with Gasteiger partial charge in [-0.2, -0.15) is 0 Å². The van der Waals surface area contributed by atoms with Crippen molar-refractivity contribution in [1.29, 1.82) is 0 Å². The fraction of sp³-hybridized carbons (Fsp3) is 0.333. The van der Waals surface area contributed by atoms with Gasteiger partial charge in [0.1, 0.15) is 5.75 Å². The summed E-state index contributed by atoms with van der Waals surface area (Å²) < 4.78 is 5.08. The molecule has 0 radical (unpaired) electrons. The third-order valence-corrected chi connectivity index (χ3v) is 2.84. The number of hydrogen-bond acceptors (Lipinski definition) is 4. The summed E-state index contributed by atoms with van der Waals surface area (Å²) in [6.07, 6.45) is 0. The first kappa shape index (κ1) is 12.8. The van der Waals surface area contributed by atoms with Gasteiger partial charge in [0.2, 0.25) is 0 Å². The van der Waals surface area contributed by atoms with Crippen LogP contribution in [-0.2, 0) is 4.79 Å². The van der Waals surface area contributed by atoms with E-state index < -0.39 is 0 Å². The maximum absolute atomic E-state index is 11.2. The first-order valence-electron chi connectivity index (χ1n) is 5.00. The molecular weight excluding hydrogens is 224 g/mol. The average molecular weight is 238 g/mol. The van der Waals surface area contributed by atoms with Crippen LogP contribution in [0.3, 0.4) is 0 Å². The molecular formula is C12H14O3S. The molecule has 0 aromatic heterocycles. The lowest BCUT2D eigenvalue weighted by Crippen LogP contribution is -2.04. The van der Waals surface area contributed by atoms with Crippen LogP contribution in [0.15, 0.2) is 23.1 Å². The molecule has 0 fully saturated rings. The Bertz CT molecular complexity index is 413. The molecule has 0 saturated carbocycles. The number of carbonyl (C=O) groups excluding carboxylic acids is 2. The summed E-state index contributed by atoms with van der Waals surface area (Å²) >= 11 is 1.58. The Morgan fingerprint density at radius 3 is 2.50 bits per heavy atom. The van der Waals surface area contributed by atoms with E-state index in [1.54, 1.807) is 23.9 Å². The fourth-order valence-corrected chi connectivity index (χ4v) is 1.95. The SMILES string of the molecule is CCSc1ccc(C(C)=O)cc1OC(C)=O. The molecule has 0 spiro atoms. The number of rotatable bonds is 4. The van der Waals surface area contributed by atoms with Crippen molar-refractivity contribution >= 4 is 23.5 Å². The number of thioether (sulfide) groups is 1. The molecule has 3 nitrogen and oxygen atoms in total. The topological polar surface area (TPSA) is 43.4 Å².